The van der Waals surface area contributed by atoms with E-state index in [9.17, 15) is 9.59 Å². The van der Waals surface area contributed by atoms with Crippen LogP contribution in [0, 0.1) is 0 Å². The molecule has 0 fully saturated rings. The zero-order valence-corrected chi connectivity index (χ0v) is 22.1. The molecule has 2 amide bonds. The molecule has 0 aliphatic rings. The Labute approximate surface area is 208 Å². The molecule has 1 N–H and O–H groups in total. The van der Waals surface area contributed by atoms with E-state index in [2.05, 4.69) is 50.4 Å². The fourth-order valence-corrected chi connectivity index (χ4v) is 4.17. The number of hydrogen-bond acceptors (Lipinski definition) is 2. The van der Waals surface area contributed by atoms with Crippen molar-refractivity contribution < 1.29 is 9.59 Å². The van der Waals surface area contributed by atoms with Gasteiger partial charge in [-0.15, -0.1) is 0 Å². The van der Waals surface area contributed by atoms with Gasteiger partial charge in [0.1, 0.15) is 6.04 Å². The van der Waals surface area contributed by atoms with E-state index >= 15 is 0 Å². The Kier molecular flexibility index (Phi) is 9.81. The van der Waals surface area contributed by atoms with E-state index < -0.39 is 6.04 Å². The van der Waals surface area contributed by atoms with Crippen LogP contribution >= 0.6 is 23.2 Å². The van der Waals surface area contributed by atoms with Gasteiger partial charge in [-0.25, -0.2) is 0 Å². The van der Waals surface area contributed by atoms with Crippen LogP contribution in [0.25, 0.3) is 0 Å². The summed E-state index contributed by atoms with van der Waals surface area (Å²) in [6.07, 6.45) is 1.43. The fourth-order valence-electron chi connectivity index (χ4n) is 3.70. The van der Waals surface area contributed by atoms with Crippen molar-refractivity contribution in [2.75, 3.05) is 0 Å². The third-order valence-electron chi connectivity index (χ3n) is 5.62. The van der Waals surface area contributed by atoms with Gasteiger partial charge in [-0.05, 0) is 60.9 Å². The van der Waals surface area contributed by atoms with Crippen LogP contribution in [0.4, 0.5) is 0 Å². The van der Waals surface area contributed by atoms with Gasteiger partial charge in [-0.1, -0.05) is 81.2 Å². The summed E-state index contributed by atoms with van der Waals surface area (Å²) >= 11 is 12.4. The molecule has 0 bridgehead atoms. The van der Waals surface area contributed by atoms with E-state index in [1.165, 1.54) is 5.56 Å². The van der Waals surface area contributed by atoms with Crippen LogP contribution in [0.15, 0.2) is 42.5 Å². The molecule has 180 valence electrons. The van der Waals surface area contributed by atoms with Crippen LogP contribution in [0.3, 0.4) is 0 Å². The molecule has 1 atom stereocenters. The Morgan fingerprint density at radius 2 is 1.67 bits per heavy atom. The first-order chi connectivity index (χ1) is 15.4. The summed E-state index contributed by atoms with van der Waals surface area (Å²) in [5.41, 5.74) is 3.20. The summed E-state index contributed by atoms with van der Waals surface area (Å²) in [4.78, 5) is 27.9. The minimum absolute atomic E-state index is 0.0102. The van der Waals surface area contributed by atoms with E-state index in [4.69, 9.17) is 23.2 Å². The first-order valence-electron chi connectivity index (χ1n) is 11.6. The van der Waals surface area contributed by atoms with Crippen molar-refractivity contribution in [1.82, 2.24) is 10.2 Å². The van der Waals surface area contributed by atoms with Crippen LogP contribution in [-0.2, 0) is 28.0 Å². The second-order valence-corrected chi connectivity index (χ2v) is 10.6. The lowest BCUT2D eigenvalue weighted by atomic mass is 9.86. The number of amides is 2. The van der Waals surface area contributed by atoms with Crippen LogP contribution in [-0.4, -0.2) is 28.8 Å². The van der Waals surface area contributed by atoms with Crippen molar-refractivity contribution >= 4 is 35.0 Å². The molecule has 0 aromatic heterocycles. The van der Waals surface area contributed by atoms with Crippen molar-refractivity contribution in [3.63, 3.8) is 0 Å². The van der Waals surface area contributed by atoms with Crippen LogP contribution in [0.1, 0.15) is 71.1 Å². The van der Waals surface area contributed by atoms with Gasteiger partial charge in [0.25, 0.3) is 0 Å². The maximum absolute atomic E-state index is 13.4. The van der Waals surface area contributed by atoms with Gasteiger partial charge in [0.2, 0.25) is 11.8 Å². The molecule has 4 nitrogen and oxygen atoms in total. The molecule has 33 heavy (non-hydrogen) atoms. The SMILES string of the molecule is CC[C@H](C(=O)NC(C)C)N(Cc1ccc(Cl)cc1Cl)C(=O)CCc1ccc(C(C)(C)C)cc1. The summed E-state index contributed by atoms with van der Waals surface area (Å²) < 4.78 is 0. The van der Waals surface area contributed by atoms with Gasteiger partial charge >= 0.3 is 0 Å². The maximum Gasteiger partial charge on any atom is 0.243 e. The largest absolute Gasteiger partial charge is 0.352 e. The Hall–Kier alpha value is -2.04. The highest BCUT2D eigenvalue weighted by Gasteiger charge is 2.29. The summed E-state index contributed by atoms with van der Waals surface area (Å²) in [6.45, 7) is 12.5. The van der Waals surface area contributed by atoms with Gasteiger partial charge in [0, 0.05) is 29.1 Å². The smallest absolute Gasteiger partial charge is 0.243 e. The van der Waals surface area contributed by atoms with Crippen LogP contribution in [0.2, 0.25) is 10.0 Å². The lowest BCUT2D eigenvalue weighted by Crippen LogP contribution is -2.50. The first kappa shape index (κ1) is 27.2. The number of carbonyl (C=O) groups excluding carboxylic acids is 2. The molecule has 0 radical (unpaired) electrons. The molecule has 0 spiro atoms. The molecule has 0 aliphatic heterocycles. The second kappa shape index (κ2) is 11.9. The number of benzene rings is 2. The zero-order chi connectivity index (χ0) is 24.8. The summed E-state index contributed by atoms with van der Waals surface area (Å²) in [5, 5.41) is 3.96. The minimum atomic E-state index is -0.574. The van der Waals surface area contributed by atoms with E-state index in [1.807, 2.05) is 26.8 Å². The Morgan fingerprint density at radius 3 is 2.18 bits per heavy atom. The highest BCUT2D eigenvalue weighted by atomic mass is 35.5. The zero-order valence-electron chi connectivity index (χ0n) is 20.5. The lowest BCUT2D eigenvalue weighted by molar-refractivity contribution is -0.141. The van der Waals surface area contributed by atoms with E-state index in [-0.39, 0.29) is 29.8 Å². The summed E-state index contributed by atoms with van der Waals surface area (Å²) in [6, 6.07) is 13.0. The summed E-state index contributed by atoms with van der Waals surface area (Å²) in [5.74, 6) is -0.230. The van der Waals surface area contributed by atoms with Crippen LogP contribution < -0.4 is 5.32 Å². The van der Waals surface area contributed by atoms with Gasteiger partial charge in [0.05, 0.1) is 0 Å². The number of aryl methyl sites for hydroxylation is 1. The highest BCUT2D eigenvalue weighted by molar-refractivity contribution is 6.35. The molecule has 6 heteroatoms. The minimum Gasteiger partial charge on any atom is -0.352 e. The quantitative estimate of drug-likeness (QED) is 0.432. The van der Waals surface area contributed by atoms with Crippen molar-refractivity contribution in [1.29, 1.82) is 0 Å². The average molecular weight is 492 g/mol. The first-order valence-corrected chi connectivity index (χ1v) is 12.3. The van der Waals surface area contributed by atoms with E-state index in [0.717, 1.165) is 11.1 Å². The van der Waals surface area contributed by atoms with Gasteiger partial charge < -0.3 is 10.2 Å². The number of nitrogens with zero attached hydrogens (tertiary/aromatic N) is 1. The maximum atomic E-state index is 13.4. The predicted octanol–water partition coefficient (Wildman–Crippen LogP) is 6.56. The average Bonchev–Trinajstić information content (AvgIpc) is 2.72. The van der Waals surface area contributed by atoms with Gasteiger partial charge in [-0.3, -0.25) is 9.59 Å². The molecule has 0 saturated heterocycles. The Balaban J connectivity index is 2.23. The van der Waals surface area contributed by atoms with Crippen molar-refractivity contribution in [2.24, 2.45) is 0 Å². The van der Waals surface area contributed by atoms with Crippen molar-refractivity contribution in [3.05, 3.63) is 69.2 Å². The van der Waals surface area contributed by atoms with Crippen LogP contribution in [0.5, 0.6) is 0 Å². The summed E-state index contributed by atoms with van der Waals surface area (Å²) in [7, 11) is 0. The van der Waals surface area contributed by atoms with Crippen molar-refractivity contribution in [3.8, 4) is 0 Å². The highest BCUT2D eigenvalue weighted by Crippen LogP contribution is 2.25. The molecule has 0 heterocycles. The molecule has 0 unspecified atom stereocenters. The predicted molar refractivity (Wildman–Crippen MR) is 138 cm³/mol. The molecule has 0 aliphatic carbocycles. The topological polar surface area (TPSA) is 49.4 Å². The van der Waals surface area contributed by atoms with E-state index in [1.54, 1.807) is 17.0 Å². The number of rotatable bonds is 9. The molecule has 2 aromatic carbocycles. The number of nitrogens with one attached hydrogen (secondary N) is 1. The molecular weight excluding hydrogens is 455 g/mol. The van der Waals surface area contributed by atoms with Gasteiger partial charge in [0.15, 0.2) is 0 Å². The van der Waals surface area contributed by atoms with E-state index in [0.29, 0.717) is 29.3 Å². The third kappa shape index (κ3) is 8.04. The molecule has 0 saturated carbocycles. The molecule has 2 rings (SSSR count). The monoisotopic (exact) mass is 490 g/mol. The standard InChI is InChI=1S/C27H36Cl2N2O2/c1-7-24(26(33)30-18(2)3)31(17-20-11-14-22(28)16-23(20)29)25(32)15-10-19-8-12-21(13-9-19)27(4,5)6/h8-9,11-14,16,18,24H,7,10,15,17H2,1-6H3,(H,30,33)/t24-/m1/s1. The number of hydrogen-bond donors (Lipinski definition) is 1. The number of carbonyl (C=O) groups is 2. The lowest BCUT2D eigenvalue weighted by Gasteiger charge is -2.31. The second-order valence-electron chi connectivity index (χ2n) is 9.79. The Morgan fingerprint density at radius 1 is 1.03 bits per heavy atom. The normalized spacial score (nSPS) is 12.5. The van der Waals surface area contributed by atoms with Crippen molar-refractivity contribution in [2.45, 2.75) is 84.8 Å². The Bertz CT molecular complexity index is 950. The fraction of sp³-hybridized carbons (Fsp3) is 0.481. The molecule has 2 aromatic rings. The third-order valence-corrected chi connectivity index (χ3v) is 6.21. The van der Waals surface area contributed by atoms with Gasteiger partial charge in [-0.2, -0.15) is 0 Å². The number of halogens is 2. The molecular formula is C27H36Cl2N2O2.